The molecule has 4 rings (SSSR count). The van der Waals surface area contributed by atoms with Crippen LogP contribution in [0.3, 0.4) is 0 Å². The van der Waals surface area contributed by atoms with Gasteiger partial charge in [-0.3, -0.25) is 9.59 Å². The van der Waals surface area contributed by atoms with E-state index in [1.54, 1.807) is 6.92 Å². The summed E-state index contributed by atoms with van der Waals surface area (Å²) >= 11 is 0. The molecule has 9 atom stereocenters. The molecule has 4 saturated carbocycles. The van der Waals surface area contributed by atoms with Crippen molar-refractivity contribution < 1.29 is 28.6 Å². The summed E-state index contributed by atoms with van der Waals surface area (Å²) in [6.07, 6.45) is 8.47. The first kappa shape index (κ1) is 25.5. The Balaban J connectivity index is 1.47. The fraction of sp³-hybridized carbons (Fsp3) is 0.893. The summed E-state index contributed by atoms with van der Waals surface area (Å²) in [5.74, 6) is 2.69. The van der Waals surface area contributed by atoms with E-state index in [2.05, 4.69) is 20.8 Å². The second-order valence-electron chi connectivity index (χ2n) is 12.1. The summed E-state index contributed by atoms with van der Waals surface area (Å²) < 4.78 is 15.4. The largest absolute Gasteiger partial charge is 0.508 e. The van der Waals surface area contributed by atoms with Crippen LogP contribution in [0, 0.1) is 46.3 Å². The van der Waals surface area contributed by atoms with Gasteiger partial charge in [0.2, 0.25) is 0 Å². The molecule has 0 N–H and O–H groups in total. The smallest absolute Gasteiger partial charge is 0.469 e. The van der Waals surface area contributed by atoms with Gasteiger partial charge < -0.3 is 14.2 Å². The molecule has 192 valence electrons. The summed E-state index contributed by atoms with van der Waals surface area (Å²) in [5, 5.41) is 0. The number of carbonyl (C=O) groups is 3. The van der Waals surface area contributed by atoms with Gasteiger partial charge in [0.25, 0.3) is 0 Å². The maximum absolute atomic E-state index is 13.7. The third kappa shape index (κ3) is 4.39. The molecule has 0 bridgehead atoms. The molecule has 0 unspecified atom stereocenters. The van der Waals surface area contributed by atoms with E-state index < -0.39 is 6.16 Å². The van der Waals surface area contributed by atoms with Crippen molar-refractivity contribution in [3.63, 3.8) is 0 Å². The zero-order valence-corrected chi connectivity index (χ0v) is 21.8. The van der Waals surface area contributed by atoms with Gasteiger partial charge in [-0.05, 0) is 98.7 Å². The van der Waals surface area contributed by atoms with Gasteiger partial charge >= 0.3 is 12.1 Å². The van der Waals surface area contributed by atoms with E-state index in [-0.39, 0.29) is 34.7 Å². The first-order chi connectivity index (χ1) is 16.1. The highest BCUT2D eigenvalue weighted by Crippen LogP contribution is 2.67. The quantitative estimate of drug-likeness (QED) is 0.440. The number of ketones is 1. The highest BCUT2D eigenvalue weighted by Gasteiger charge is 2.63. The number of fused-ring (bicyclic) bond motifs is 5. The van der Waals surface area contributed by atoms with Crippen molar-refractivity contribution in [2.24, 2.45) is 46.3 Å². The molecule has 34 heavy (non-hydrogen) atoms. The number of hydrogen-bond acceptors (Lipinski definition) is 6. The highest BCUT2D eigenvalue weighted by molar-refractivity contribution is 5.83. The SMILES string of the molecule is CCOC(=O)O[C@@H]1CC[C@@]2(C)[C@H](CC(=O)[C@@H]3[C@@H]2CC[C@]2(C)[C@@H]([C@H](C)CCC(=O)OC)CC[C@@H]32)C1. The monoisotopic (exact) mass is 476 g/mol. The van der Waals surface area contributed by atoms with E-state index in [4.69, 9.17) is 14.2 Å². The van der Waals surface area contributed by atoms with Gasteiger partial charge in [-0.15, -0.1) is 0 Å². The molecule has 0 amide bonds. The first-order valence-corrected chi connectivity index (χ1v) is 13.6. The molecule has 0 aromatic heterocycles. The Hall–Kier alpha value is -1.59. The Morgan fingerprint density at radius 1 is 1.06 bits per heavy atom. The minimum atomic E-state index is -0.581. The van der Waals surface area contributed by atoms with Crippen LogP contribution < -0.4 is 0 Å². The molecule has 0 aromatic carbocycles. The van der Waals surface area contributed by atoms with Crippen LogP contribution in [0.2, 0.25) is 0 Å². The second kappa shape index (κ2) is 9.81. The third-order valence-corrected chi connectivity index (χ3v) is 10.7. The van der Waals surface area contributed by atoms with Crippen LogP contribution in [0.4, 0.5) is 4.79 Å². The van der Waals surface area contributed by atoms with E-state index in [0.29, 0.717) is 48.9 Å². The second-order valence-corrected chi connectivity index (χ2v) is 12.1. The van der Waals surface area contributed by atoms with Crippen LogP contribution >= 0.6 is 0 Å². The fourth-order valence-electron chi connectivity index (χ4n) is 8.91. The molecule has 6 heteroatoms. The number of rotatable bonds is 6. The number of carbonyl (C=O) groups excluding carboxylic acids is 3. The highest BCUT2D eigenvalue weighted by atomic mass is 16.7. The summed E-state index contributed by atoms with van der Waals surface area (Å²) in [6.45, 7) is 9.24. The molecular formula is C28H44O6. The van der Waals surface area contributed by atoms with Crippen molar-refractivity contribution in [3.05, 3.63) is 0 Å². The molecule has 6 nitrogen and oxygen atoms in total. The van der Waals surface area contributed by atoms with Gasteiger partial charge in [0.05, 0.1) is 13.7 Å². The van der Waals surface area contributed by atoms with Crippen molar-refractivity contribution >= 4 is 17.9 Å². The van der Waals surface area contributed by atoms with E-state index in [0.717, 1.165) is 44.9 Å². The predicted octanol–water partition coefficient (Wildman–Crippen LogP) is 5.96. The number of esters is 1. The van der Waals surface area contributed by atoms with Crippen molar-refractivity contribution in [2.45, 2.75) is 98.0 Å². The van der Waals surface area contributed by atoms with Gasteiger partial charge in [0.1, 0.15) is 11.9 Å². The predicted molar refractivity (Wildman–Crippen MR) is 128 cm³/mol. The minimum absolute atomic E-state index is 0.126. The van der Waals surface area contributed by atoms with E-state index >= 15 is 0 Å². The van der Waals surface area contributed by atoms with Gasteiger partial charge in [0, 0.05) is 18.8 Å². The van der Waals surface area contributed by atoms with Crippen LogP contribution in [0.25, 0.3) is 0 Å². The molecule has 4 aliphatic rings. The molecule has 4 aliphatic carbocycles. The molecule has 0 heterocycles. The lowest BCUT2D eigenvalue weighted by atomic mass is 9.44. The lowest BCUT2D eigenvalue weighted by Gasteiger charge is -2.60. The normalized spacial score (nSPS) is 42.1. The summed E-state index contributed by atoms with van der Waals surface area (Å²) in [6, 6.07) is 0. The molecule has 4 fully saturated rings. The van der Waals surface area contributed by atoms with Gasteiger partial charge in [-0.1, -0.05) is 20.8 Å². The Bertz CT molecular complexity index is 794. The van der Waals surface area contributed by atoms with Crippen molar-refractivity contribution in [1.82, 2.24) is 0 Å². The Morgan fingerprint density at radius 2 is 1.76 bits per heavy atom. The third-order valence-electron chi connectivity index (χ3n) is 10.7. The Labute approximate surface area is 204 Å². The maximum Gasteiger partial charge on any atom is 0.508 e. The Kier molecular flexibility index (Phi) is 7.36. The first-order valence-electron chi connectivity index (χ1n) is 13.6. The zero-order chi connectivity index (χ0) is 24.7. The number of hydrogen-bond donors (Lipinski definition) is 0. The topological polar surface area (TPSA) is 78.9 Å². The number of Topliss-reactive ketones (excluding diaryl/α,β-unsaturated/α-hetero) is 1. The lowest BCUT2D eigenvalue weighted by molar-refractivity contribution is -0.161. The zero-order valence-electron chi connectivity index (χ0n) is 21.8. The summed E-state index contributed by atoms with van der Waals surface area (Å²) in [4.78, 5) is 37.2. The molecular weight excluding hydrogens is 432 g/mol. The molecule has 0 aliphatic heterocycles. The van der Waals surface area contributed by atoms with Gasteiger partial charge in [-0.2, -0.15) is 0 Å². The standard InChI is InChI=1S/C28H44O6/c1-6-33-26(31)34-19-11-13-27(3)18(15-19)16-23(29)25-21-9-8-20(17(2)7-10-24(30)32-5)28(21,4)14-12-22(25)27/h17-22,25H,6-16H2,1-5H3/t17-,18+,19-,20-,21+,22+,25+,27+,28-/m1/s1. The number of ether oxygens (including phenoxy) is 3. The van der Waals surface area contributed by atoms with E-state index in [1.165, 1.54) is 13.5 Å². The van der Waals surface area contributed by atoms with E-state index in [1.807, 2.05) is 0 Å². The molecule has 0 radical (unpaired) electrons. The maximum atomic E-state index is 13.7. The van der Waals surface area contributed by atoms with Gasteiger partial charge in [-0.25, -0.2) is 4.79 Å². The molecule has 0 saturated heterocycles. The summed E-state index contributed by atoms with van der Waals surface area (Å²) in [5.41, 5.74) is 0.322. The van der Waals surface area contributed by atoms with Crippen LogP contribution in [0.1, 0.15) is 91.9 Å². The van der Waals surface area contributed by atoms with E-state index in [9.17, 15) is 14.4 Å². The summed E-state index contributed by atoms with van der Waals surface area (Å²) in [7, 11) is 1.46. The van der Waals surface area contributed by atoms with Crippen molar-refractivity contribution in [3.8, 4) is 0 Å². The lowest BCUT2D eigenvalue weighted by Crippen LogP contribution is -2.57. The fourth-order valence-corrected chi connectivity index (χ4v) is 8.91. The molecule has 0 aromatic rings. The number of methoxy groups -OCH3 is 1. The van der Waals surface area contributed by atoms with Crippen LogP contribution in [0.5, 0.6) is 0 Å². The van der Waals surface area contributed by atoms with Crippen molar-refractivity contribution in [2.75, 3.05) is 13.7 Å². The van der Waals surface area contributed by atoms with Crippen LogP contribution in [-0.4, -0.2) is 37.7 Å². The van der Waals surface area contributed by atoms with Gasteiger partial charge in [0.15, 0.2) is 0 Å². The van der Waals surface area contributed by atoms with Crippen LogP contribution in [0.15, 0.2) is 0 Å². The average Bonchev–Trinajstić information content (AvgIpc) is 3.15. The van der Waals surface area contributed by atoms with Crippen molar-refractivity contribution in [1.29, 1.82) is 0 Å². The average molecular weight is 477 g/mol. The Morgan fingerprint density at radius 3 is 2.47 bits per heavy atom. The minimum Gasteiger partial charge on any atom is -0.469 e. The molecule has 0 spiro atoms. The van der Waals surface area contributed by atoms with Crippen LogP contribution in [-0.2, 0) is 23.8 Å².